The highest BCUT2D eigenvalue weighted by Crippen LogP contribution is 2.19. The number of carbonyl (C=O) groups is 2. The fourth-order valence-electron chi connectivity index (χ4n) is 3.80. The molecule has 0 radical (unpaired) electrons. The number of hydrogen-bond donors (Lipinski definition) is 1. The molecule has 156 valence electrons. The van der Waals surface area contributed by atoms with Crippen molar-refractivity contribution in [3.8, 4) is 5.75 Å². The molecule has 0 aliphatic carbocycles. The highest BCUT2D eigenvalue weighted by Gasteiger charge is 2.22. The summed E-state index contributed by atoms with van der Waals surface area (Å²) in [7, 11) is 0. The summed E-state index contributed by atoms with van der Waals surface area (Å²) in [5.74, 6) is 1.28. The molecule has 1 aromatic heterocycles. The molecule has 4 rings (SSSR count). The second kappa shape index (κ2) is 8.98. The van der Waals surface area contributed by atoms with Gasteiger partial charge < -0.3 is 19.5 Å². The van der Waals surface area contributed by atoms with Gasteiger partial charge in [0.2, 0.25) is 11.8 Å². The van der Waals surface area contributed by atoms with Gasteiger partial charge in [-0.25, -0.2) is 4.98 Å². The summed E-state index contributed by atoms with van der Waals surface area (Å²) in [5, 5.41) is 2.91. The van der Waals surface area contributed by atoms with E-state index >= 15 is 0 Å². The number of ether oxygens (including phenoxy) is 1. The molecule has 1 aliphatic rings. The molecule has 0 spiro atoms. The summed E-state index contributed by atoms with van der Waals surface area (Å²) in [6, 6.07) is 14.9. The van der Waals surface area contributed by atoms with Crippen molar-refractivity contribution in [1.29, 1.82) is 0 Å². The fraction of sp³-hybridized carbons (Fsp3) is 0.348. The van der Waals surface area contributed by atoms with Gasteiger partial charge in [-0.05, 0) is 56.2 Å². The molecule has 1 fully saturated rings. The van der Waals surface area contributed by atoms with Gasteiger partial charge in [0.25, 0.3) is 0 Å². The van der Waals surface area contributed by atoms with Gasteiger partial charge >= 0.3 is 0 Å². The standard InChI is InChI=1S/C23H26N4O3/c1-2-30-18-11-9-17(10-12-18)24-22(28)16-27-20-8-4-3-7-19(20)25-21(27)15-23(29)26-13-5-6-14-26/h3-4,7-12H,2,5-6,13-16H2,1H3,(H,24,28). The third kappa shape index (κ3) is 4.45. The van der Waals surface area contributed by atoms with Crippen molar-refractivity contribution >= 4 is 28.5 Å². The van der Waals surface area contributed by atoms with E-state index < -0.39 is 0 Å². The molecule has 0 bridgehead atoms. The number of imidazole rings is 1. The van der Waals surface area contributed by atoms with Crippen molar-refractivity contribution in [2.24, 2.45) is 0 Å². The smallest absolute Gasteiger partial charge is 0.244 e. The predicted octanol–water partition coefficient (Wildman–Crippen LogP) is 3.24. The van der Waals surface area contributed by atoms with E-state index in [4.69, 9.17) is 4.74 Å². The number of hydrogen-bond acceptors (Lipinski definition) is 4. The van der Waals surface area contributed by atoms with Gasteiger partial charge in [-0.15, -0.1) is 0 Å². The molecule has 0 atom stereocenters. The second-order valence-corrected chi connectivity index (χ2v) is 7.37. The number of likely N-dealkylation sites (tertiary alicyclic amines) is 1. The van der Waals surface area contributed by atoms with Gasteiger partial charge in [0.05, 0.1) is 24.1 Å². The number of para-hydroxylation sites is 2. The zero-order valence-corrected chi connectivity index (χ0v) is 17.1. The highest BCUT2D eigenvalue weighted by molar-refractivity contribution is 5.92. The Bertz CT molecular complexity index is 1040. The second-order valence-electron chi connectivity index (χ2n) is 7.37. The van der Waals surface area contributed by atoms with Crippen LogP contribution in [0, 0.1) is 0 Å². The number of benzene rings is 2. The Balaban J connectivity index is 1.51. The van der Waals surface area contributed by atoms with Gasteiger partial charge in [0.15, 0.2) is 0 Å². The van der Waals surface area contributed by atoms with E-state index in [1.807, 2.05) is 64.9 Å². The molecule has 30 heavy (non-hydrogen) atoms. The van der Waals surface area contributed by atoms with Crippen LogP contribution in [0.5, 0.6) is 5.75 Å². The molecule has 7 heteroatoms. The molecular formula is C23H26N4O3. The third-order valence-corrected chi connectivity index (χ3v) is 5.25. The zero-order valence-electron chi connectivity index (χ0n) is 17.1. The fourth-order valence-corrected chi connectivity index (χ4v) is 3.80. The summed E-state index contributed by atoms with van der Waals surface area (Å²) in [6.07, 6.45) is 2.30. The molecule has 1 N–H and O–H groups in total. The van der Waals surface area contributed by atoms with Gasteiger partial charge in [-0.2, -0.15) is 0 Å². The van der Waals surface area contributed by atoms with Crippen LogP contribution in [0.4, 0.5) is 5.69 Å². The quantitative estimate of drug-likeness (QED) is 0.654. The minimum atomic E-state index is -0.169. The molecule has 2 heterocycles. The van der Waals surface area contributed by atoms with Crippen LogP contribution in [0.1, 0.15) is 25.6 Å². The van der Waals surface area contributed by atoms with E-state index in [0.717, 1.165) is 42.7 Å². The van der Waals surface area contributed by atoms with Crippen LogP contribution in [-0.2, 0) is 22.6 Å². The van der Waals surface area contributed by atoms with E-state index in [0.29, 0.717) is 18.1 Å². The van der Waals surface area contributed by atoms with Crippen LogP contribution in [0.25, 0.3) is 11.0 Å². The van der Waals surface area contributed by atoms with Crippen molar-refractivity contribution < 1.29 is 14.3 Å². The summed E-state index contributed by atoms with van der Waals surface area (Å²) in [5.41, 5.74) is 2.33. The minimum Gasteiger partial charge on any atom is -0.494 e. The molecule has 3 aromatic rings. The van der Waals surface area contributed by atoms with Gasteiger partial charge in [-0.3, -0.25) is 9.59 Å². The minimum absolute atomic E-state index is 0.0657. The van der Waals surface area contributed by atoms with Crippen LogP contribution in [0.2, 0.25) is 0 Å². The van der Waals surface area contributed by atoms with Crippen LogP contribution >= 0.6 is 0 Å². The average Bonchev–Trinajstić information content (AvgIpc) is 3.39. The average molecular weight is 406 g/mol. The number of fused-ring (bicyclic) bond motifs is 1. The highest BCUT2D eigenvalue weighted by atomic mass is 16.5. The maximum absolute atomic E-state index is 12.7. The Kier molecular flexibility index (Phi) is 5.97. The lowest BCUT2D eigenvalue weighted by Crippen LogP contribution is -2.30. The van der Waals surface area contributed by atoms with E-state index in [1.54, 1.807) is 0 Å². The molecule has 0 unspecified atom stereocenters. The van der Waals surface area contributed by atoms with Gasteiger partial charge in [0.1, 0.15) is 18.1 Å². The molecule has 7 nitrogen and oxygen atoms in total. The molecule has 1 aliphatic heterocycles. The maximum atomic E-state index is 12.7. The van der Waals surface area contributed by atoms with Crippen LogP contribution in [0.15, 0.2) is 48.5 Å². The number of nitrogens with zero attached hydrogens (tertiary/aromatic N) is 3. The lowest BCUT2D eigenvalue weighted by molar-refractivity contribution is -0.129. The van der Waals surface area contributed by atoms with E-state index in [9.17, 15) is 9.59 Å². The monoisotopic (exact) mass is 406 g/mol. The van der Waals surface area contributed by atoms with Crippen molar-refractivity contribution in [2.45, 2.75) is 32.7 Å². The predicted molar refractivity (Wildman–Crippen MR) is 115 cm³/mol. The van der Waals surface area contributed by atoms with Crippen LogP contribution in [-0.4, -0.2) is 46.0 Å². The number of amides is 2. The van der Waals surface area contributed by atoms with Gasteiger partial charge in [-0.1, -0.05) is 12.1 Å². The normalized spacial score (nSPS) is 13.6. The third-order valence-electron chi connectivity index (χ3n) is 5.25. The molecule has 1 saturated heterocycles. The van der Waals surface area contributed by atoms with Crippen LogP contribution in [0.3, 0.4) is 0 Å². The lowest BCUT2D eigenvalue weighted by atomic mass is 10.3. The lowest BCUT2D eigenvalue weighted by Gasteiger charge is -2.16. The topological polar surface area (TPSA) is 76.5 Å². The van der Waals surface area contributed by atoms with Crippen molar-refractivity contribution in [2.75, 3.05) is 25.0 Å². The van der Waals surface area contributed by atoms with Crippen molar-refractivity contribution in [3.05, 3.63) is 54.4 Å². The van der Waals surface area contributed by atoms with Crippen molar-refractivity contribution in [1.82, 2.24) is 14.5 Å². The number of carbonyl (C=O) groups excluding carboxylic acids is 2. The van der Waals surface area contributed by atoms with E-state index in [-0.39, 0.29) is 24.8 Å². The Morgan fingerprint density at radius 2 is 1.80 bits per heavy atom. The Morgan fingerprint density at radius 3 is 2.53 bits per heavy atom. The number of aromatic nitrogens is 2. The largest absolute Gasteiger partial charge is 0.494 e. The molecule has 0 saturated carbocycles. The van der Waals surface area contributed by atoms with Crippen molar-refractivity contribution in [3.63, 3.8) is 0 Å². The molecule has 2 amide bonds. The zero-order chi connectivity index (χ0) is 20.9. The number of rotatable bonds is 7. The first-order chi connectivity index (χ1) is 14.6. The Morgan fingerprint density at radius 1 is 1.07 bits per heavy atom. The maximum Gasteiger partial charge on any atom is 0.244 e. The molecule has 2 aromatic carbocycles. The number of nitrogens with one attached hydrogen (secondary N) is 1. The first-order valence-electron chi connectivity index (χ1n) is 10.4. The first-order valence-corrected chi connectivity index (χ1v) is 10.4. The van der Waals surface area contributed by atoms with Crippen LogP contribution < -0.4 is 10.1 Å². The van der Waals surface area contributed by atoms with E-state index in [1.165, 1.54) is 0 Å². The van der Waals surface area contributed by atoms with E-state index in [2.05, 4.69) is 10.3 Å². The summed E-state index contributed by atoms with van der Waals surface area (Å²) in [4.78, 5) is 31.9. The Hall–Kier alpha value is -3.35. The SMILES string of the molecule is CCOc1ccc(NC(=O)Cn2c(CC(=O)N3CCCC3)nc3ccccc32)cc1. The molecular weight excluding hydrogens is 380 g/mol. The summed E-state index contributed by atoms with van der Waals surface area (Å²) in [6.45, 7) is 4.22. The number of anilines is 1. The van der Waals surface area contributed by atoms with Gasteiger partial charge in [0, 0.05) is 18.8 Å². The Labute approximate surface area is 175 Å². The summed E-state index contributed by atoms with van der Waals surface area (Å²) >= 11 is 0. The first kappa shape index (κ1) is 19.9. The summed E-state index contributed by atoms with van der Waals surface area (Å²) < 4.78 is 7.27.